The molecule has 0 bridgehead atoms. The third-order valence-corrected chi connectivity index (χ3v) is 5.34. The van der Waals surface area contributed by atoms with E-state index in [4.69, 9.17) is 0 Å². The lowest BCUT2D eigenvalue weighted by molar-refractivity contribution is 0.741. The second kappa shape index (κ2) is 6.29. The third kappa shape index (κ3) is 2.67. The number of alkyl halides is 1. The summed E-state index contributed by atoms with van der Waals surface area (Å²) in [5, 5.41) is 2.51. The van der Waals surface area contributed by atoms with Gasteiger partial charge in [0.25, 0.3) is 0 Å². The predicted molar refractivity (Wildman–Crippen MR) is 107 cm³/mol. The van der Waals surface area contributed by atoms with Crippen molar-refractivity contribution in [2.45, 2.75) is 10.9 Å². The highest BCUT2D eigenvalue weighted by atomic mass is 79.9. The van der Waals surface area contributed by atoms with E-state index in [1.54, 1.807) is 0 Å². The van der Waals surface area contributed by atoms with Crippen LogP contribution in [0.15, 0.2) is 97.1 Å². The largest absolute Gasteiger partial charge is 0.321 e. The van der Waals surface area contributed by atoms with Gasteiger partial charge in [-0.05, 0) is 29.7 Å². The smallest absolute Gasteiger partial charge is 0.122 e. The van der Waals surface area contributed by atoms with Gasteiger partial charge in [-0.3, -0.25) is 0 Å². The molecule has 1 atom stereocenters. The standard InChI is InChI=1S/C22H18BrN/c23-22(16-7-2-8-17-22)24(19-12-3-1-4-13-19)21-15-9-11-18-10-5-6-14-20(18)21/h1-16H,17H2. The first-order chi connectivity index (χ1) is 11.8. The van der Waals surface area contributed by atoms with E-state index in [1.807, 2.05) is 0 Å². The van der Waals surface area contributed by atoms with E-state index < -0.39 is 0 Å². The SMILES string of the molecule is BrC1(N(c2ccccc2)c2cccc3ccccc23)C=CC=CC1. The molecule has 0 radical (unpaired) electrons. The summed E-state index contributed by atoms with van der Waals surface area (Å²) >= 11 is 4.01. The van der Waals surface area contributed by atoms with Gasteiger partial charge in [0.05, 0.1) is 5.69 Å². The molecule has 0 fully saturated rings. The van der Waals surface area contributed by atoms with E-state index >= 15 is 0 Å². The molecular formula is C22H18BrN. The van der Waals surface area contributed by atoms with Crippen LogP contribution in [0.2, 0.25) is 0 Å². The summed E-state index contributed by atoms with van der Waals surface area (Å²) in [6.07, 6.45) is 9.55. The molecule has 0 saturated heterocycles. The number of hydrogen-bond acceptors (Lipinski definition) is 1. The van der Waals surface area contributed by atoms with Crippen molar-refractivity contribution >= 4 is 38.1 Å². The minimum absolute atomic E-state index is 0.271. The Bertz CT molecular complexity index is 908. The molecule has 24 heavy (non-hydrogen) atoms. The van der Waals surface area contributed by atoms with Crippen LogP contribution in [-0.2, 0) is 0 Å². The summed E-state index contributed by atoms with van der Waals surface area (Å²) in [5.41, 5.74) is 2.38. The molecule has 3 aromatic carbocycles. The van der Waals surface area contributed by atoms with Gasteiger partial charge < -0.3 is 4.90 Å². The Kier molecular flexibility index (Phi) is 3.99. The predicted octanol–water partition coefficient (Wildman–Crippen LogP) is 6.59. The van der Waals surface area contributed by atoms with Gasteiger partial charge in [0.15, 0.2) is 0 Å². The van der Waals surface area contributed by atoms with Gasteiger partial charge in [0, 0.05) is 17.5 Å². The zero-order valence-electron chi connectivity index (χ0n) is 13.3. The van der Waals surface area contributed by atoms with Gasteiger partial charge in [-0.15, -0.1) is 0 Å². The van der Waals surface area contributed by atoms with Crippen molar-refractivity contribution in [2.75, 3.05) is 4.90 Å². The van der Waals surface area contributed by atoms with Crippen molar-refractivity contribution in [3.63, 3.8) is 0 Å². The number of para-hydroxylation sites is 1. The number of fused-ring (bicyclic) bond motifs is 1. The van der Waals surface area contributed by atoms with Crippen LogP contribution >= 0.6 is 15.9 Å². The van der Waals surface area contributed by atoms with Crippen molar-refractivity contribution in [3.8, 4) is 0 Å². The third-order valence-electron chi connectivity index (χ3n) is 4.40. The van der Waals surface area contributed by atoms with Crippen molar-refractivity contribution in [1.29, 1.82) is 0 Å². The van der Waals surface area contributed by atoms with Crippen LogP contribution in [0.4, 0.5) is 11.4 Å². The molecule has 0 N–H and O–H groups in total. The molecule has 0 spiro atoms. The average molecular weight is 376 g/mol. The summed E-state index contributed by atoms with van der Waals surface area (Å²) in [7, 11) is 0. The summed E-state index contributed by atoms with van der Waals surface area (Å²) in [6, 6.07) is 25.6. The molecule has 0 aromatic heterocycles. The molecule has 1 aliphatic carbocycles. The van der Waals surface area contributed by atoms with Crippen molar-refractivity contribution < 1.29 is 0 Å². The maximum absolute atomic E-state index is 4.01. The molecule has 0 amide bonds. The van der Waals surface area contributed by atoms with E-state index in [1.165, 1.54) is 22.1 Å². The molecule has 0 saturated carbocycles. The number of allylic oxidation sites excluding steroid dienone is 2. The molecule has 3 aromatic rings. The lowest BCUT2D eigenvalue weighted by atomic mass is 10.0. The Hall–Kier alpha value is -2.32. The number of hydrogen-bond donors (Lipinski definition) is 0. The van der Waals surface area contributed by atoms with Crippen LogP contribution in [0.5, 0.6) is 0 Å². The first kappa shape index (κ1) is 15.2. The van der Waals surface area contributed by atoms with Crippen LogP contribution in [-0.4, -0.2) is 4.45 Å². The van der Waals surface area contributed by atoms with E-state index in [0.29, 0.717) is 0 Å². The van der Waals surface area contributed by atoms with E-state index in [-0.39, 0.29) is 4.45 Å². The van der Waals surface area contributed by atoms with Gasteiger partial charge in [-0.1, -0.05) is 88.8 Å². The number of halogens is 1. The molecule has 4 rings (SSSR count). The fourth-order valence-corrected chi connectivity index (χ4v) is 4.02. The molecular weight excluding hydrogens is 358 g/mol. The summed E-state index contributed by atoms with van der Waals surface area (Å²) in [6.45, 7) is 0. The highest BCUT2D eigenvalue weighted by Gasteiger charge is 2.33. The summed E-state index contributed by atoms with van der Waals surface area (Å²) in [4.78, 5) is 2.38. The highest BCUT2D eigenvalue weighted by molar-refractivity contribution is 9.10. The highest BCUT2D eigenvalue weighted by Crippen LogP contribution is 2.44. The second-order valence-corrected chi connectivity index (χ2v) is 7.35. The Balaban J connectivity index is 1.96. The molecule has 1 nitrogen and oxygen atoms in total. The van der Waals surface area contributed by atoms with E-state index in [9.17, 15) is 0 Å². The van der Waals surface area contributed by atoms with Gasteiger partial charge in [0.2, 0.25) is 0 Å². The normalized spacial score (nSPS) is 19.5. The molecule has 0 heterocycles. The maximum Gasteiger partial charge on any atom is 0.122 e. The van der Waals surface area contributed by atoms with Gasteiger partial charge >= 0.3 is 0 Å². The topological polar surface area (TPSA) is 3.24 Å². The minimum Gasteiger partial charge on any atom is -0.321 e. The quantitative estimate of drug-likeness (QED) is 0.368. The average Bonchev–Trinajstić information content (AvgIpc) is 2.63. The summed E-state index contributed by atoms with van der Waals surface area (Å²) in [5.74, 6) is 0. The molecule has 2 heteroatoms. The lowest BCUT2D eigenvalue weighted by Gasteiger charge is -2.40. The second-order valence-electron chi connectivity index (χ2n) is 5.98. The first-order valence-corrected chi connectivity index (χ1v) is 8.94. The van der Waals surface area contributed by atoms with Crippen molar-refractivity contribution in [2.24, 2.45) is 0 Å². The van der Waals surface area contributed by atoms with Crippen LogP contribution < -0.4 is 4.90 Å². The van der Waals surface area contributed by atoms with Crippen LogP contribution in [0.25, 0.3) is 10.8 Å². The maximum atomic E-state index is 4.01. The summed E-state index contributed by atoms with van der Waals surface area (Å²) < 4.78 is -0.271. The fraction of sp³-hybridized carbons (Fsp3) is 0.0909. The van der Waals surface area contributed by atoms with E-state index in [0.717, 1.165) is 6.42 Å². The zero-order valence-corrected chi connectivity index (χ0v) is 14.9. The Morgan fingerprint density at radius 2 is 1.54 bits per heavy atom. The fourth-order valence-electron chi connectivity index (χ4n) is 3.28. The monoisotopic (exact) mass is 375 g/mol. The zero-order chi connectivity index (χ0) is 16.4. The van der Waals surface area contributed by atoms with Crippen molar-refractivity contribution in [3.05, 3.63) is 97.1 Å². The van der Waals surface area contributed by atoms with Gasteiger partial charge in [-0.2, -0.15) is 0 Å². The van der Waals surface area contributed by atoms with Gasteiger partial charge in [-0.25, -0.2) is 0 Å². The number of rotatable bonds is 3. The van der Waals surface area contributed by atoms with Crippen LogP contribution in [0, 0.1) is 0 Å². The molecule has 1 aliphatic rings. The lowest BCUT2D eigenvalue weighted by Crippen LogP contribution is -2.39. The van der Waals surface area contributed by atoms with Crippen LogP contribution in [0.1, 0.15) is 6.42 Å². The van der Waals surface area contributed by atoms with Crippen molar-refractivity contribution in [1.82, 2.24) is 0 Å². The number of anilines is 2. The van der Waals surface area contributed by atoms with Crippen LogP contribution in [0.3, 0.4) is 0 Å². The number of nitrogens with zero attached hydrogens (tertiary/aromatic N) is 1. The first-order valence-electron chi connectivity index (χ1n) is 8.14. The van der Waals surface area contributed by atoms with Gasteiger partial charge in [0.1, 0.15) is 4.45 Å². The van der Waals surface area contributed by atoms with E-state index in [2.05, 4.69) is 118 Å². The molecule has 0 aliphatic heterocycles. The Morgan fingerprint density at radius 3 is 2.33 bits per heavy atom. The minimum atomic E-state index is -0.271. The molecule has 1 unspecified atom stereocenters. The Labute approximate surface area is 151 Å². The molecule has 118 valence electrons. The number of benzene rings is 3. The Morgan fingerprint density at radius 1 is 0.792 bits per heavy atom.